The Hall–Kier alpha value is -2.18. The van der Waals surface area contributed by atoms with Crippen molar-refractivity contribution in [1.82, 2.24) is 10.3 Å². The standard InChI is InChI=1S/C16H19N3O3/c20-11-16(6-9-22-10-7-16)19-15(21)18-13-5-1-3-12-4-2-8-17-14(12)13/h1-5,8,20H,6-7,9-11H2,(H2,18,19,21). The molecule has 2 heterocycles. The smallest absolute Gasteiger partial charge is 0.319 e. The number of pyridine rings is 1. The first kappa shape index (κ1) is 14.7. The van der Waals surface area contributed by atoms with E-state index in [1.807, 2.05) is 30.3 Å². The molecule has 116 valence electrons. The number of amides is 2. The Kier molecular flexibility index (Phi) is 4.22. The van der Waals surface area contributed by atoms with Crippen LogP contribution in [0.3, 0.4) is 0 Å². The number of hydrogen-bond acceptors (Lipinski definition) is 4. The monoisotopic (exact) mass is 301 g/mol. The van der Waals surface area contributed by atoms with E-state index < -0.39 is 5.54 Å². The second-order valence-electron chi connectivity index (χ2n) is 5.51. The van der Waals surface area contributed by atoms with Gasteiger partial charge in [0, 0.05) is 24.8 Å². The average molecular weight is 301 g/mol. The number of aromatic nitrogens is 1. The normalized spacial score (nSPS) is 17.1. The Labute approximate surface area is 128 Å². The Morgan fingerprint density at radius 3 is 2.82 bits per heavy atom. The molecule has 6 heteroatoms. The van der Waals surface area contributed by atoms with Crippen LogP contribution in [0.5, 0.6) is 0 Å². The summed E-state index contributed by atoms with van der Waals surface area (Å²) in [7, 11) is 0. The van der Waals surface area contributed by atoms with E-state index in [0.717, 1.165) is 10.9 Å². The van der Waals surface area contributed by atoms with Gasteiger partial charge in [0.25, 0.3) is 0 Å². The molecule has 6 nitrogen and oxygen atoms in total. The minimum Gasteiger partial charge on any atom is -0.394 e. The Morgan fingerprint density at radius 1 is 1.27 bits per heavy atom. The quantitative estimate of drug-likeness (QED) is 0.808. The molecule has 1 saturated heterocycles. The summed E-state index contributed by atoms with van der Waals surface area (Å²) in [4.78, 5) is 16.6. The predicted molar refractivity (Wildman–Crippen MR) is 83.8 cm³/mol. The van der Waals surface area contributed by atoms with Gasteiger partial charge in [0.15, 0.2) is 0 Å². The maximum absolute atomic E-state index is 12.3. The number of fused-ring (bicyclic) bond motifs is 1. The van der Waals surface area contributed by atoms with Crippen LogP contribution in [-0.2, 0) is 4.74 Å². The molecule has 0 aliphatic carbocycles. The van der Waals surface area contributed by atoms with Crippen LogP contribution in [0.25, 0.3) is 10.9 Å². The highest BCUT2D eigenvalue weighted by atomic mass is 16.5. The van der Waals surface area contributed by atoms with E-state index in [0.29, 0.717) is 31.7 Å². The molecule has 1 aliphatic heterocycles. The topological polar surface area (TPSA) is 83.5 Å². The maximum atomic E-state index is 12.3. The Balaban J connectivity index is 1.75. The highest BCUT2D eigenvalue weighted by molar-refractivity contribution is 5.99. The van der Waals surface area contributed by atoms with Crippen molar-refractivity contribution in [2.45, 2.75) is 18.4 Å². The van der Waals surface area contributed by atoms with E-state index in [-0.39, 0.29) is 12.6 Å². The number of benzene rings is 1. The molecule has 22 heavy (non-hydrogen) atoms. The largest absolute Gasteiger partial charge is 0.394 e. The lowest BCUT2D eigenvalue weighted by molar-refractivity contribution is 0.0179. The summed E-state index contributed by atoms with van der Waals surface area (Å²) in [5, 5.41) is 16.3. The lowest BCUT2D eigenvalue weighted by Crippen LogP contribution is -2.55. The number of para-hydroxylation sites is 1. The fourth-order valence-electron chi connectivity index (χ4n) is 2.68. The molecule has 0 spiro atoms. The van der Waals surface area contributed by atoms with Crippen molar-refractivity contribution in [3.63, 3.8) is 0 Å². The fraction of sp³-hybridized carbons (Fsp3) is 0.375. The molecule has 0 saturated carbocycles. The van der Waals surface area contributed by atoms with Crippen molar-refractivity contribution in [1.29, 1.82) is 0 Å². The van der Waals surface area contributed by atoms with Crippen molar-refractivity contribution < 1.29 is 14.6 Å². The summed E-state index contributed by atoms with van der Waals surface area (Å²) in [6.45, 7) is 0.977. The van der Waals surface area contributed by atoms with Gasteiger partial charge < -0.3 is 20.5 Å². The zero-order chi connectivity index (χ0) is 15.4. The molecule has 0 radical (unpaired) electrons. The number of aliphatic hydroxyl groups excluding tert-OH is 1. The van der Waals surface area contributed by atoms with Gasteiger partial charge in [-0.2, -0.15) is 0 Å². The zero-order valence-electron chi connectivity index (χ0n) is 12.2. The minimum atomic E-state index is -0.611. The molecular formula is C16H19N3O3. The molecule has 3 N–H and O–H groups in total. The van der Waals surface area contributed by atoms with E-state index >= 15 is 0 Å². The van der Waals surface area contributed by atoms with Crippen LogP contribution >= 0.6 is 0 Å². The SMILES string of the molecule is O=C(Nc1cccc2cccnc12)NC1(CO)CCOCC1. The van der Waals surface area contributed by atoms with E-state index in [4.69, 9.17) is 4.74 Å². The number of nitrogens with zero attached hydrogens (tertiary/aromatic N) is 1. The first-order valence-corrected chi connectivity index (χ1v) is 7.34. The number of urea groups is 1. The van der Waals surface area contributed by atoms with Gasteiger partial charge >= 0.3 is 6.03 Å². The van der Waals surface area contributed by atoms with Crippen LogP contribution in [0, 0.1) is 0 Å². The summed E-state index contributed by atoms with van der Waals surface area (Å²) in [5.74, 6) is 0. The summed E-state index contributed by atoms with van der Waals surface area (Å²) < 4.78 is 5.29. The molecule has 1 aliphatic rings. The second kappa shape index (κ2) is 6.29. The van der Waals surface area contributed by atoms with Gasteiger partial charge in [0.1, 0.15) is 0 Å². The number of carbonyl (C=O) groups excluding carboxylic acids is 1. The van der Waals surface area contributed by atoms with Crippen molar-refractivity contribution in [2.24, 2.45) is 0 Å². The van der Waals surface area contributed by atoms with E-state index in [1.54, 1.807) is 6.20 Å². The fourth-order valence-corrected chi connectivity index (χ4v) is 2.68. The third-order valence-corrected chi connectivity index (χ3v) is 4.01. The number of hydrogen-bond donors (Lipinski definition) is 3. The van der Waals surface area contributed by atoms with Crippen LogP contribution < -0.4 is 10.6 Å². The zero-order valence-corrected chi connectivity index (χ0v) is 12.2. The van der Waals surface area contributed by atoms with Gasteiger partial charge in [-0.15, -0.1) is 0 Å². The lowest BCUT2D eigenvalue weighted by atomic mass is 9.91. The molecule has 2 amide bonds. The maximum Gasteiger partial charge on any atom is 0.319 e. The van der Waals surface area contributed by atoms with Crippen LogP contribution in [0.1, 0.15) is 12.8 Å². The third kappa shape index (κ3) is 3.03. The van der Waals surface area contributed by atoms with E-state index in [2.05, 4.69) is 15.6 Å². The van der Waals surface area contributed by atoms with Gasteiger partial charge in [-0.05, 0) is 25.0 Å². The summed E-state index contributed by atoms with van der Waals surface area (Å²) in [6.07, 6.45) is 2.90. The summed E-state index contributed by atoms with van der Waals surface area (Å²) in [5.41, 5.74) is 0.779. The highest BCUT2D eigenvalue weighted by Crippen LogP contribution is 2.22. The van der Waals surface area contributed by atoms with Crippen LogP contribution in [0.15, 0.2) is 36.5 Å². The number of nitrogens with one attached hydrogen (secondary N) is 2. The highest BCUT2D eigenvalue weighted by Gasteiger charge is 2.33. The van der Waals surface area contributed by atoms with Gasteiger partial charge in [-0.1, -0.05) is 18.2 Å². The predicted octanol–water partition coefficient (Wildman–Crippen LogP) is 1.90. The number of rotatable bonds is 3. The van der Waals surface area contributed by atoms with Crippen molar-refractivity contribution >= 4 is 22.6 Å². The van der Waals surface area contributed by atoms with E-state index in [1.165, 1.54) is 0 Å². The van der Waals surface area contributed by atoms with Crippen molar-refractivity contribution in [3.05, 3.63) is 36.5 Å². The van der Waals surface area contributed by atoms with E-state index in [9.17, 15) is 9.90 Å². The minimum absolute atomic E-state index is 0.0996. The van der Waals surface area contributed by atoms with Crippen LogP contribution in [0.2, 0.25) is 0 Å². The molecule has 0 unspecified atom stereocenters. The van der Waals surface area contributed by atoms with Gasteiger partial charge in [-0.25, -0.2) is 4.79 Å². The molecule has 1 aromatic heterocycles. The van der Waals surface area contributed by atoms with Gasteiger partial charge in [0.2, 0.25) is 0 Å². The molecule has 1 fully saturated rings. The number of carbonyl (C=O) groups is 1. The third-order valence-electron chi connectivity index (χ3n) is 4.01. The molecule has 3 rings (SSSR count). The second-order valence-corrected chi connectivity index (χ2v) is 5.51. The number of ether oxygens (including phenoxy) is 1. The van der Waals surface area contributed by atoms with Crippen molar-refractivity contribution in [2.75, 3.05) is 25.1 Å². The first-order chi connectivity index (χ1) is 10.7. The lowest BCUT2D eigenvalue weighted by Gasteiger charge is -2.36. The molecule has 0 bridgehead atoms. The van der Waals surface area contributed by atoms with Gasteiger partial charge in [0.05, 0.1) is 23.3 Å². The van der Waals surface area contributed by atoms with Crippen molar-refractivity contribution in [3.8, 4) is 0 Å². The average Bonchev–Trinajstić information content (AvgIpc) is 2.56. The summed E-state index contributed by atoms with van der Waals surface area (Å²) >= 11 is 0. The molecule has 2 aromatic rings. The number of anilines is 1. The molecule has 1 aromatic carbocycles. The molecule has 0 atom stereocenters. The Morgan fingerprint density at radius 2 is 2.05 bits per heavy atom. The number of aliphatic hydroxyl groups is 1. The van der Waals surface area contributed by atoms with Crippen LogP contribution in [-0.4, -0.2) is 41.5 Å². The summed E-state index contributed by atoms with van der Waals surface area (Å²) in [6, 6.07) is 9.09. The molecular weight excluding hydrogens is 282 g/mol. The van der Waals surface area contributed by atoms with Crippen LogP contribution in [0.4, 0.5) is 10.5 Å². The van der Waals surface area contributed by atoms with Gasteiger partial charge in [-0.3, -0.25) is 4.98 Å². The Bertz CT molecular complexity index is 663. The first-order valence-electron chi connectivity index (χ1n) is 7.34.